The van der Waals surface area contributed by atoms with Crippen LogP contribution in [0.5, 0.6) is 5.88 Å². The van der Waals surface area contributed by atoms with E-state index in [0.717, 1.165) is 30.8 Å². The van der Waals surface area contributed by atoms with Crippen molar-refractivity contribution in [1.29, 1.82) is 0 Å². The Morgan fingerprint density at radius 1 is 1.50 bits per heavy atom. The van der Waals surface area contributed by atoms with Gasteiger partial charge in [-0.15, -0.1) is 0 Å². The molecule has 0 aliphatic carbocycles. The first-order valence-electron chi connectivity index (χ1n) is 7.68. The standard InChI is InChI=1S/C16H19N3O3/c1-21-16-14-11(3-5-22-14)7-13(18-16)15(20)17-12-6-10-2-4-19(8-10)9-12/h3,5,7,10,12H,2,4,6,8-9H2,1H3,(H,17,20). The summed E-state index contributed by atoms with van der Waals surface area (Å²) < 4.78 is 10.6. The van der Waals surface area contributed by atoms with Crippen molar-refractivity contribution in [1.82, 2.24) is 15.2 Å². The lowest BCUT2D eigenvalue weighted by atomic mass is 9.97. The summed E-state index contributed by atoms with van der Waals surface area (Å²) >= 11 is 0. The second-order valence-electron chi connectivity index (χ2n) is 6.18. The molecular weight excluding hydrogens is 282 g/mol. The molecule has 0 radical (unpaired) electrons. The fourth-order valence-electron chi connectivity index (χ4n) is 3.62. The van der Waals surface area contributed by atoms with Gasteiger partial charge in [-0.3, -0.25) is 4.79 Å². The van der Waals surface area contributed by atoms with E-state index in [1.807, 2.05) is 6.07 Å². The highest BCUT2D eigenvalue weighted by Gasteiger charge is 2.33. The summed E-state index contributed by atoms with van der Waals surface area (Å²) in [6, 6.07) is 3.76. The molecule has 2 fully saturated rings. The molecule has 6 heteroatoms. The Bertz CT molecular complexity index is 700. The van der Waals surface area contributed by atoms with Crippen LogP contribution in [0.25, 0.3) is 11.0 Å². The number of hydrogen-bond acceptors (Lipinski definition) is 5. The molecule has 1 N–H and O–H groups in total. The minimum atomic E-state index is -0.145. The first-order valence-corrected chi connectivity index (χ1v) is 7.68. The summed E-state index contributed by atoms with van der Waals surface area (Å²) in [5, 5.41) is 3.94. The Labute approximate surface area is 128 Å². The molecule has 2 bridgehead atoms. The Morgan fingerprint density at radius 3 is 3.23 bits per heavy atom. The zero-order valence-electron chi connectivity index (χ0n) is 12.5. The van der Waals surface area contributed by atoms with Crippen molar-refractivity contribution in [2.24, 2.45) is 5.92 Å². The average Bonchev–Trinajstić information content (AvgIpc) is 3.12. The zero-order valence-corrected chi connectivity index (χ0v) is 12.5. The van der Waals surface area contributed by atoms with E-state index >= 15 is 0 Å². The number of nitrogens with zero attached hydrogens (tertiary/aromatic N) is 2. The fourth-order valence-corrected chi connectivity index (χ4v) is 3.62. The number of aromatic nitrogens is 1. The van der Waals surface area contributed by atoms with Crippen LogP contribution in [0.15, 0.2) is 22.8 Å². The lowest BCUT2D eigenvalue weighted by Gasteiger charge is -2.30. The van der Waals surface area contributed by atoms with Crippen LogP contribution >= 0.6 is 0 Å². The van der Waals surface area contributed by atoms with Crippen molar-refractivity contribution in [3.8, 4) is 5.88 Å². The molecule has 3 atom stereocenters. The lowest BCUT2D eigenvalue weighted by molar-refractivity contribution is 0.0903. The van der Waals surface area contributed by atoms with Gasteiger partial charge in [-0.1, -0.05) is 0 Å². The minimum absolute atomic E-state index is 0.145. The fraction of sp³-hybridized carbons (Fsp3) is 0.500. The molecule has 1 amide bonds. The monoisotopic (exact) mass is 301 g/mol. The number of fused-ring (bicyclic) bond motifs is 3. The Morgan fingerprint density at radius 2 is 2.41 bits per heavy atom. The van der Waals surface area contributed by atoms with E-state index in [-0.39, 0.29) is 11.9 Å². The Kier molecular flexibility index (Phi) is 3.26. The summed E-state index contributed by atoms with van der Waals surface area (Å²) in [5.41, 5.74) is 0.944. The van der Waals surface area contributed by atoms with Crippen LogP contribution in [-0.2, 0) is 0 Å². The number of amides is 1. The normalized spacial score (nSPS) is 27.0. The predicted molar refractivity (Wildman–Crippen MR) is 81.0 cm³/mol. The quantitative estimate of drug-likeness (QED) is 0.934. The van der Waals surface area contributed by atoms with Gasteiger partial charge >= 0.3 is 0 Å². The summed E-state index contributed by atoms with van der Waals surface area (Å²) in [7, 11) is 1.53. The van der Waals surface area contributed by atoms with Gasteiger partial charge in [0.2, 0.25) is 0 Å². The number of nitrogens with one attached hydrogen (secondary N) is 1. The van der Waals surface area contributed by atoms with Gasteiger partial charge in [0.1, 0.15) is 5.69 Å². The zero-order chi connectivity index (χ0) is 15.1. The van der Waals surface area contributed by atoms with Gasteiger partial charge in [0.15, 0.2) is 5.58 Å². The molecule has 2 aromatic heterocycles. The van der Waals surface area contributed by atoms with Crippen molar-refractivity contribution in [2.75, 3.05) is 26.7 Å². The van der Waals surface area contributed by atoms with E-state index < -0.39 is 0 Å². The first-order chi connectivity index (χ1) is 10.7. The molecule has 0 aromatic carbocycles. The largest absolute Gasteiger partial charge is 0.478 e. The van der Waals surface area contributed by atoms with Crippen molar-refractivity contribution in [2.45, 2.75) is 18.9 Å². The third-order valence-electron chi connectivity index (χ3n) is 4.63. The molecule has 0 spiro atoms. The van der Waals surface area contributed by atoms with Crippen LogP contribution in [0.4, 0.5) is 0 Å². The molecule has 116 valence electrons. The van der Waals surface area contributed by atoms with Crippen molar-refractivity contribution in [3.05, 3.63) is 24.1 Å². The van der Waals surface area contributed by atoms with Crippen LogP contribution in [0, 0.1) is 5.92 Å². The summed E-state index contributed by atoms with van der Waals surface area (Å²) in [5.74, 6) is 0.923. The maximum absolute atomic E-state index is 12.5. The van der Waals surface area contributed by atoms with E-state index in [2.05, 4.69) is 15.2 Å². The molecule has 6 nitrogen and oxygen atoms in total. The number of piperidine rings is 1. The number of rotatable bonds is 3. The number of methoxy groups -OCH3 is 1. The van der Waals surface area contributed by atoms with Crippen molar-refractivity contribution >= 4 is 16.9 Å². The average molecular weight is 301 g/mol. The summed E-state index contributed by atoms with van der Waals surface area (Å²) in [6.07, 6.45) is 3.88. The molecule has 4 heterocycles. The SMILES string of the molecule is COc1nc(C(=O)NC2CC3CCN(C3)C2)cc2ccoc12. The van der Waals surface area contributed by atoms with Crippen molar-refractivity contribution in [3.63, 3.8) is 0 Å². The van der Waals surface area contributed by atoms with Gasteiger partial charge < -0.3 is 19.4 Å². The number of carbonyl (C=O) groups is 1. The van der Waals surface area contributed by atoms with Gasteiger partial charge in [-0.05, 0) is 37.4 Å². The van der Waals surface area contributed by atoms with E-state index in [1.165, 1.54) is 20.1 Å². The highest BCUT2D eigenvalue weighted by atomic mass is 16.5. The highest BCUT2D eigenvalue weighted by Crippen LogP contribution is 2.28. The molecule has 0 saturated carbocycles. The smallest absolute Gasteiger partial charge is 0.270 e. The van der Waals surface area contributed by atoms with E-state index in [9.17, 15) is 4.79 Å². The third kappa shape index (κ3) is 2.33. The summed E-state index contributed by atoms with van der Waals surface area (Å²) in [4.78, 5) is 19.2. The second-order valence-corrected chi connectivity index (χ2v) is 6.18. The van der Waals surface area contributed by atoms with E-state index in [1.54, 1.807) is 12.3 Å². The number of ether oxygens (including phenoxy) is 1. The minimum Gasteiger partial charge on any atom is -0.478 e. The third-order valence-corrected chi connectivity index (χ3v) is 4.63. The van der Waals surface area contributed by atoms with Gasteiger partial charge in [0.25, 0.3) is 11.8 Å². The molecule has 2 aromatic rings. The van der Waals surface area contributed by atoms with Crippen LogP contribution in [0.3, 0.4) is 0 Å². The van der Waals surface area contributed by atoms with E-state index in [4.69, 9.17) is 9.15 Å². The Balaban J connectivity index is 1.55. The van der Waals surface area contributed by atoms with Crippen LogP contribution < -0.4 is 10.1 Å². The van der Waals surface area contributed by atoms with Crippen LogP contribution in [0.2, 0.25) is 0 Å². The molecule has 2 saturated heterocycles. The molecule has 2 aliphatic rings. The molecular formula is C16H19N3O3. The first kappa shape index (κ1) is 13.6. The maximum Gasteiger partial charge on any atom is 0.270 e. The maximum atomic E-state index is 12.5. The van der Waals surface area contributed by atoms with Gasteiger partial charge in [0.05, 0.1) is 13.4 Å². The number of carbonyl (C=O) groups excluding carboxylic acids is 1. The van der Waals surface area contributed by atoms with Gasteiger partial charge in [-0.25, -0.2) is 4.98 Å². The molecule has 2 aliphatic heterocycles. The predicted octanol–water partition coefficient (Wildman–Crippen LogP) is 1.66. The molecule has 22 heavy (non-hydrogen) atoms. The number of furan rings is 1. The summed E-state index contributed by atoms with van der Waals surface area (Å²) in [6.45, 7) is 3.27. The number of hydrogen-bond donors (Lipinski definition) is 1. The second kappa shape index (κ2) is 5.28. The van der Waals surface area contributed by atoms with Crippen molar-refractivity contribution < 1.29 is 13.9 Å². The topological polar surface area (TPSA) is 67.6 Å². The highest BCUT2D eigenvalue weighted by molar-refractivity contribution is 5.97. The lowest BCUT2D eigenvalue weighted by Crippen LogP contribution is -2.47. The number of pyridine rings is 1. The molecule has 4 rings (SSSR count). The van der Waals surface area contributed by atoms with Crippen LogP contribution in [-0.4, -0.2) is 48.6 Å². The Hall–Kier alpha value is -2.08. The van der Waals surface area contributed by atoms with Crippen LogP contribution in [0.1, 0.15) is 23.3 Å². The van der Waals surface area contributed by atoms with Gasteiger partial charge in [-0.2, -0.15) is 0 Å². The van der Waals surface area contributed by atoms with E-state index in [0.29, 0.717) is 17.2 Å². The molecule has 3 unspecified atom stereocenters. The van der Waals surface area contributed by atoms with Gasteiger partial charge in [0, 0.05) is 24.5 Å².